The highest BCUT2D eigenvalue weighted by atomic mass is 35.5. The summed E-state index contributed by atoms with van der Waals surface area (Å²) >= 11 is 0. The van der Waals surface area contributed by atoms with Gasteiger partial charge in [0.1, 0.15) is 0 Å². The smallest absolute Gasteiger partial charge is 0.273 e. The molecule has 1 amide bonds. The van der Waals surface area contributed by atoms with Crippen LogP contribution in [0.1, 0.15) is 67.9 Å². The zero-order chi connectivity index (χ0) is 17.1. The third-order valence-electron chi connectivity index (χ3n) is 6.13. The Bertz CT molecular complexity index is 578. The monoisotopic (exact) mass is 418 g/mol. The van der Waals surface area contributed by atoms with Gasteiger partial charge in [-0.1, -0.05) is 18.1 Å². The first-order valence-electron chi connectivity index (χ1n) is 9.97. The summed E-state index contributed by atoms with van der Waals surface area (Å²) in [6.07, 6.45) is 11.5. The van der Waals surface area contributed by atoms with Gasteiger partial charge in [0, 0.05) is 25.2 Å². The standard InChI is InChI=1S/C18H30N6O.2ClH/c25-18(17-13-24(22-21-17)16-5-9-19-10-6-16)20-14-7-11-23(12-8-14)15-3-1-2-4-15;;/h13-16,19H,1-12H2,(H,20,25);2*1H. The van der Waals surface area contributed by atoms with Crippen molar-refractivity contribution in [2.24, 2.45) is 0 Å². The molecule has 0 atom stereocenters. The average Bonchev–Trinajstić information content (AvgIpc) is 3.35. The van der Waals surface area contributed by atoms with Crippen molar-refractivity contribution in [2.75, 3.05) is 26.2 Å². The number of carbonyl (C=O) groups is 1. The van der Waals surface area contributed by atoms with Gasteiger partial charge in [0.25, 0.3) is 5.91 Å². The molecule has 1 aliphatic carbocycles. The molecule has 3 heterocycles. The van der Waals surface area contributed by atoms with E-state index < -0.39 is 0 Å². The molecule has 0 unspecified atom stereocenters. The SMILES string of the molecule is Cl.Cl.O=C(NC1CCN(C2CCCC2)CC1)c1cn(C2CCNCC2)nn1. The molecule has 9 heteroatoms. The van der Waals surface area contributed by atoms with Crippen LogP contribution in [0.15, 0.2) is 6.20 Å². The van der Waals surface area contributed by atoms with Gasteiger partial charge < -0.3 is 15.5 Å². The van der Waals surface area contributed by atoms with E-state index in [0.717, 1.165) is 57.9 Å². The largest absolute Gasteiger partial charge is 0.348 e. The number of aromatic nitrogens is 3. The van der Waals surface area contributed by atoms with Crippen molar-refractivity contribution in [1.82, 2.24) is 30.5 Å². The molecule has 1 aromatic heterocycles. The Morgan fingerprint density at radius 3 is 2.33 bits per heavy atom. The molecule has 27 heavy (non-hydrogen) atoms. The Morgan fingerprint density at radius 2 is 1.67 bits per heavy atom. The first-order valence-corrected chi connectivity index (χ1v) is 9.97. The van der Waals surface area contributed by atoms with Gasteiger partial charge >= 0.3 is 0 Å². The summed E-state index contributed by atoms with van der Waals surface area (Å²) < 4.78 is 1.87. The predicted molar refractivity (Wildman–Crippen MR) is 110 cm³/mol. The van der Waals surface area contributed by atoms with Crippen LogP contribution in [0.25, 0.3) is 0 Å². The van der Waals surface area contributed by atoms with Gasteiger partial charge in [-0.2, -0.15) is 0 Å². The molecule has 2 N–H and O–H groups in total. The summed E-state index contributed by atoms with van der Waals surface area (Å²) in [6, 6.07) is 1.43. The fourth-order valence-corrected chi connectivity index (χ4v) is 4.57. The van der Waals surface area contributed by atoms with Crippen LogP contribution >= 0.6 is 24.8 Å². The molecular weight excluding hydrogens is 387 g/mol. The van der Waals surface area contributed by atoms with E-state index in [9.17, 15) is 4.79 Å². The molecule has 154 valence electrons. The highest BCUT2D eigenvalue weighted by Gasteiger charge is 2.28. The van der Waals surface area contributed by atoms with E-state index in [1.165, 1.54) is 25.7 Å². The maximum absolute atomic E-state index is 12.5. The molecule has 0 radical (unpaired) electrons. The van der Waals surface area contributed by atoms with Gasteiger partial charge in [0.15, 0.2) is 5.69 Å². The van der Waals surface area contributed by atoms with Crippen molar-refractivity contribution in [3.63, 3.8) is 0 Å². The molecule has 3 fully saturated rings. The average molecular weight is 419 g/mol. The Kier molecular flexibility index (Phi) is 8.79. The second kappa shape index (κ2) is 10.6. The molecule has 0 bridgehead atoms. The minimum absolute atomic E-state index is 0. The van der Waals surface area contributed by atoms with Crippen LogP contribution in [0.2, 0.25) is 0 Å². The molecule has 4 rings (SSSR count). The lowest BCUT2D eigenvalue weighted by molar-refractivity contribution is 0.0887. The highest BCUT2D eigenvalue weighted by molar-refractivity contribution is 5.92. The number of halogens is 2. The number of rotatable bonds is 4. The number of likely N-dealkylation sites (tertiary alicyclic amines) is 1. The van der Waals surface area contributed by atoms with Gasteiger partial charge in [0.05, 0.1) is 12.2 Å². The summed E-state index contributed by atoms with van der Waals surface area (Å²) in [5.74, 6) is -0.0699. The summed E-state index contributed by atoms with van der Waals surface area (Å²) in [6.45, 7) is 4.23. The first kappa shape index (κ1) is 22.4. The zero-order valence-corrected chi connectivity index (χ0v) is 17.4. The van der Waals surface area contributed by atoms with Crippen molar-refractivity contribution >= 4 is 30.7 Å². The summed E-state index contributed by atoms with van der Waals surface area (Å²) in [4.78, 5) is 15.1. The maximum Gasteiger partial charge on any atom is 0.273 e. The number of carbonyl (C=O) groups excluding carboxylic acids is 1. The summed E-state index contributed by atoms with van der Waals surface area (Å²) in [5, 5.41) is 14.8. The van der Waals surface area contributed by atoms with Crippen LogP contribution in [-0.4, -0.2) is 64.1 Å². The third kappa shape index (κ3) is 5.56. The third-order valence-corrected chi connectivity index (χ3v) is 6.13. The number of hydrogen-bond acceptors (Lipinski definition) is 5. The highest BCUT2D eigenvalue weighted by Crippen LogP contribution is 2.26. The van der Waals surface area contributed by atoms with Crippen LogP contribution < -0.4 is 10.6 Å². The normalized spacial score (nSPS) is 22.8. The summed E-state index contributed by atoms with van der Waals surface area (Å²) in [5.41, 5.74) is 0.455. The lowest BCUT2D eigenvalue weighted by Crippen LogP contribution is -2.47. The van der Waals surface area contributed by atoms with Gasteiger partial charge in [-0.3, -0.25) is 4.79 Å². The van der Waals surface area contributed by atoms with Crippen molar-refractivity contribution in [3.8, 4) is 0 Å². The lowest BCUT2D eigenvalue weighted by atomic mass is 10.0. The maximum atomic E-state index is 12.5. The number of nitrogens with one attached hydrogen (secondary N) is 2. The van der Waals surface area contributed by atoms with Crippen LogP contribution in [0, 0.1) is 0 Å². The Morgan fingerprint density at radius 1 is 1.00 bits per heavy atom. The van der Waals surface area contributed by atoms with Gasteiger partial charge in [0.2, 0.25) is 0 Å². The number of hydrogen-bond donors (Lipinski definition) is 2. The van der Waals surface area contributed by atoms with Crippen LogP contribution in [-0.2, 0) is 0 Å². The van der Waals surface area contributed by atoms with Crippen LogP contribution in [0.4, 0.5) is 0 Å². The van der Waals surface area contributed by atoms with Crippen molar-refractivity contribution in [3.05, 3.63) is 11.9 Å². The van der Waals surface area contributed by atoms with E-state index in [-0.39, 0.29) is 36.8 Å². The molecule has 2 aliphatic heterocycles. The minimum atomic E-state index is -0.0699. The predicted octanol–water partition coefficient (Wildman–Crippen LogP) is 2.18. The fraction of sp³-hybridized carbons (Fsp3) is 0.833. The van der Waals surface area contributed by atoms with Crippen LogP contribution in [0.3, 0.4) is 0 Å². The quantitative estimate of drug-likeness (QED) is 0.783. The number of piperidine rings is 2. The number of amides is 1. The van der Waals surface area contributed by atoms with Crippen LogP contribution in [0.5, 0.6) is 0 Å². The molecule has 1 aromatic rings. The first-order chi connectivity index (χ1) is 12.3. The van der Waals surface area contributed by atoms with E-state index in [1.807, 2.05) is 10.9 Å². The second-order valence-electron chi connectivity index (χ2n) is 7.79. The molecule has 2 saturated heterocycles. The van der Waals surface area contributed by atoms with E-state index >= 15 is 0 Å². The van der Waals surface area contributed by atoms with Gasteiger partial charge in [-0.25, -0.2) is 4.68 Å². The molecule has 1 saturated carbocycles. The summed E-state index contributed by atoms with van der Waals surface area (Å²) in [7, 11) is 0. The number of nitrogens with zero attached hydrogens (tertiary/aromatic N) is 4. The van der Waals surface area contributed by atoms with E-state index in [2.05, 4.69) is 25.8 Å². The van der Waals surface area contributed by atoms with Gasteiger partial charge in [-0.15, -0.1) is 29.9 Å². The lowest BCUT2D eigenvalue weighted by Gasteiger charge is -2.36. The van der Waals surface area contributed by atoms with E-state index in [4.69, 9.17) is 0 Å². The Labute approximate surface area is 173 Å². The zero-order valence-electron chi connectivity index (χ0n) is 15.8. The molecule has 0 aromatic carbocycles. The minimum Gasteiger partial charge on any atom is -0.348 e. The molecular formula is C18H32Cl2N6O. The fourth-order valence-electron chi connectivity index (χ4n) is 4.57. The molecule has 3 aliphatic rings. The second-order valence-corrected chi connectivity index (χ2v) is 7.79. The Balaban J connectivity index is 0.00000131. The topological polar surface area (TPSA) is 75.1 Å². The molecule has 7 nitrogen and oxygen atoms in total. The van der Waals surface area contributed by atoms with E-state index in [1.54, 1.807) is 0 Å². The Hall–Kier alpha value is -0.890. The van der Waals surface area contributed by atoms with E-state index in [0.29, 0.717) is 11.7 Å². The van der Waals surface area contributed by atoms with Crippen molar-refractivity contribution in [1.29, 1.82) is 0 Å². The van der Waals surface area contributed by atoms with Crippen molar-refractivity contribution < 1.29 is 4.79 Å². The van der Waals surface area contributed by atoms with Gasteiger partial charge in [-0.05, 0) is 51.6 Å². The molecule has 0 spiro atoms. The van der Waals surface area contributed by atoms with Crippen molar-refractivity contribution in [2.45, 2.75) is 69.5 Å².